The van der Waals surface area contributed by atoms with E-state index in [1.807, 2.05) is 18.2 Å². The third-order valence-electron chi connectivity index (χ3n) is 5.35. The number of phosphoric ester groups is 1. The quantitative estimate of drug-likeness (QED) is 0.0705. The molecule has 5 atom stereocenters. The molecule has 15 nitrogen and oxygen atoms in total. The Morgan fingerprint density at radius 1 is 1.09 bits per heavy atom. The highest BCUT2D eigenvalue weighted by atomic mass is 33.1. The molecule has 2 aliphatic rings. The zero-order chi connectivity index (χ0) is 32.2. The third-order valence-corrected chi connectivity index (χ3v) is 11.4. The van der Waals surface area contributed by atoms with Crippen LogP contribution in [0.15, 0.2) is 77.0 Å². The smallest absolute Gasteiger partial charge is 0.390 e. The summed E-state index contributed by atoms with van der Waals surface area (Å²) >= 11 is 0. The van der Waals surface area contributed by atoms with E-state index < -0.39 is 48.4 Å². The van der Waals surface area contributed by atoms with Crippen molar-refractivity contribution in [3.8, 4) is 11.8 Å². The molecule has 0 saturated carbocycles. The normalized spacial score (nSPS) is 26.6. The van der Waals surface area contributed by atoms with E-state index in [2.05, 4.69) is 35.3 Å². The van der Waals surface area contributed by atoms with E-state index in [1.165, 1.54) is 21.6 Å². The number of allylic oxidation sites excluding steroid dienone is 6. The number of aliphatic hydroxyl groups excluding tert-OH is 1. The Morgan fingerprint density at radius 3 is 2.59 bits per heavy atom. The molecule has 20 heteroatoms. The number of hydrogen-bond donors (Lipinski definition) is 6. The zero-order valence-electron chi connectivity index (χ0n) is 22.6. The SMILES string of the molecule is O=C(CCSSc1ccccn1)NCC#CC1=C/C=C([C@H]2CC(O)[C@@H](COP(=O)(O)OP(=O)(O)OP(=O)(O)O)O2)\C=C/C=C\1. The van der Waals surface area contributed by atoms with Gasteiger partial charge in [-0.15, -0.1) is 0 Å². The number of rotatable bonds is 14. The number of nitrogens with one attached hydrogen (secondary N) is 1. The van der Waals surface area contributed by atoms with Crippen molar-refractivity contribution in [2.75, 3.05) is 18.9 Å². The lowest BCUT2D eigenvalue weighted by molar-refractivity contribution is -0.120. The van der Waals surface area contributed by atoms with Gasteiger partial charge in [-0.25, -0.2) is 18.7 Å². The molecule has 0 spiro atoms. The number of phosphoric acid groups is 3. The van der Waals surface area contributed by atoms with E-state index in [4.69, 9.17) is 14.5 Å². The van der Waals surface area contributed by atoms with Crippen LogP contribution in [0.2, 0.25) is 0 Å². The maximum absolute atomic E-state index is 12.1. The molecule has 6 N–H and O–H groups in total. The minimum absolute atomic E-state index is 0.0733. The van der Waals surface area contributed by atoms with Gasteiger partial charge in [0.1, 0.15) is 11.1 Å². The first-order valence-corrected chi connectivity index (χ1v) is 19.4. The maximum atomic E-state index is 12.1. The monoisotopic (exact) mass is 710 g/mol. The lowest BCUT2D eigenvalue weighted by atomic mass is 10.0. The van der Waals surface area contributed by atoms with Crippen molar-refractivity contribution < 1.29 is 61.1 Å². The number of nitrogens with zero attached hydrogens (tertiary/aromatic N) is 1. The summed E-state index contributed by atoms with van der Waals surface area (Å²) in [5.74, 6) is 6.34. The van der Waals surface area contributed by atoms with E-state index in [9.17, 15) is 33.4 Å². The highest BCUT2D eigenvalue weighted by molar-refractivity contribution is 8.76. The third kappa shape index (κ3) is 14.1. The number of aromatic nitrogens is 1. The average Bonchev–Trinajstić information content (AvgIpc) is 3.27. The fraction of sp³-hybridized carbons (Fsp3) is 0.333. The van der Waals surface area contributed by atoms with Gasteiger partial charge in [-0.2, -0.15) is 8.62 Å². The summed E-state index contributed by atoms with van der Waals surface area (Å²) in [6, 6.07) is 5.63. The Bertz CT molecular complexity index is 1490. The van der Waals surface area contributed by atoms with E-state index in [0.29, 0.717) is 23.3 Å². The number of pyridine rings is 1. The van der Waals surface area contributed by atoms with Crippen LogP contribution in [0.5, 0.6) is 0 Å². The zero-order valence-corrected chi connectivity index (χ0v) is 27.0. The summed E-state index contributed by atoms with van der Waals surface area (Å²) in [4.78, 5) is 52.3. The molecule has 1 aliphatic heterocycles. The van der Waals surface area contributed by atoms with Gasteiger partial charge in [0.15, 0.2) is 0 Å². The number of aliphatic hydroxyl groups is 1. The van der Waals surface area contributed by atoms with Crippen LogP contribution in [0.25, 0.3) is 0 Å². The second kappa shape index (κ2) is 17.2. The van der Waals surface area contributed by atoms with Gasteiger partial charge in [-0.05, 0) is 40.7 Å². The molecule has 1 saturated heterocycles. The van der Waals surface area contributed by atoms with Crippen molar-refractivity contribution in [3.05, 3.63) is 72.0 Å². The van der Waals surface area contributed by atoms with Crippen molar-refractivity contribution >= 4 is 51.0 Å². The number of ether oxygens (including phenoxy) is 1. The van der Waals surface area contributed by atoms with E-state index in [1.54, 1.807) is 42.7 Å². The first-order chi connectivity index (χ1) is 20.7. The highest BCUT2D eigenvalue weighted by Gasteiger charge is 2.42. The second-order valence-corrected chi connectivity index (χ2v) is 15.6. The second-order valence-electron chi connectivity index (χ2n) is 8.76. The van der Waals surface area contributed by atoms with Gasteiger partial charge in [-0.3, -0.25) is 9.32 Å². The molecule has 44 heavy (non-hydrogen) atoms. The van der Waals surface area contributed by atoms with E-state index >= 15 is 0 Å². The standard InChI is InChI=1S/C24H29N2O13P3S2/c27-20-16-21(37-22(20)17-36-41(32,33)39-42(34,35)38-40(29,30)31)19-8-2-1-6-18(10-11-19)7-5-14-25-23(28)12-15-43-44-24-9-3-4-13-26-24/h1-4,6,8-11,13,20-22,27H,12,14-17H2,(H,25,28)(H,32,33)(H,34,35)(H2,29,30,31)/b2-1?,6-1-,8-2-,11-10?,18-6?,18-10+,19-8?,19-11+/t20?,21-,22-/m1/s1. The Balaban J connectivity index is 1.46. The fourth-order valence-corrected chi connectivity index (χ4v) is 8.39. The number of hydrogen-bond acceptors (Lipinski definition) is 12. The molecule has 1 amide bonds. The van der Waals surface area contributed by atoms with Crippen LogP contribution < -0.4 is 5.32 Å². The average molecular weight is 711 g/mol. The largest absolute Gasteiger partial charge is 0.490 e. The molecule has 2 heterocycles. The van der Waals surface area contributed by atoms with Gasteiger partial charge in [0.2, 0.25) is 5.91 Å². The topological polar surface area (TPSA) is 231 Å². The molecule has 1 aliphatic carbocycles. The van der Waals surface area contributed by atoms with Gasteiger partial charge in [0.05, 0.1) is 25.4 Å². The molecule has 0 radical (unpaired) electrons. The molecule has 3 unspecified atom stereocenters. The maximum Gasteiger partial charge on any atom is 0.490 e. The highest BCUT2D eigenvalue weighted by Crippen LogP contribution is 2.66. The number of amides is 1. The van der Waals surface area contributed by atoms with Crippen LogP contribution in [0, 0.1) is 11.8 Å². The molecule has 1 fully saturated rings. The van der Waals surface area contributed by atoms with Crippen LogP contribution in [-0.4, -0.2) is 72.8 Å². The minimum Gasteiger partial charge on any atom is -0.390 e. The molecule has 0 aromatic carbocycles. The van der Waals surface area contributed by atoms with Crippen molar-refractivity contribution in [1.82, 2.24) is 10.3 Å². The number of carbonyl (C=O) groups is 1. The summed E-state index contributed by atoms with van der Waals surface area (Å²) in [6.07, 6.45) is 9.50. The Kier molecular flexibility index (Phi) is 14.3. The summed E-state index contributed by atoms with van der Waals surface area (Å²) < 4.78 is 51.8. The summed E-state index contributed by atoms with van der Waals surface area (Å²) in [5, 5.41) is 14.0. The summed E-state index contributed by atoms with van der Waals surface area (Å²) in [5.41, 5.74) is 1.26. The molecule has 1 aromatic heterocycles. The van der Waals surface area contributed by atoms with Gasteiger partial charge < -0.3 is 34.7 Å². The predicted molar refractivity (Wildman–Crippen MR) is 162 cm³/mol. The lowest BCUT2D eigenvalue weighted by Gasteiger charge is -2.19. The van der Waals surface area contributed by atoms with Crippen molar-refractivity contribution in [2.45, 2.75) is 36.2 Å². The Labute approximate surface area is 260 Å². The first-order valence-electron chi connectivity index (χ1n) is 12.6. The van der Waals surface area contributed by atoms with Crippen LogP contribution >= 0.6 is 45.1 Å². The van der Waals surface area contributed by atoms with E-state index in [0.717, 1.165) is 5.03 Å². The van der Waals surface area contributed by atoms with Gasteiger partial charge in [0, 0.05) is 30.4 Å². The minimum atomic E-state index is -5.66. The van der Waals surface area contributed by atoms with Crippen LogP contribution in [0.1, 0.15) is 12.8 Å². The summed E-state index contributed by atoms with van der Waals surface area (Å²) in [7, 11) is -13.5. The Morgan fingerprint density at radius 2 is 1.86 bits per heavy atom. The molecule has 0 bridgehead atoms. The van der Waals surface area contributed by atoms with Gasteiger partial charge in [-0.1, -0.05) is 53.0 Å². The van der Waals surface area contributed by atoms with Crippen LogP contribution in [-0.2, 0) is 36.4 Å². The van der Waals surface area contributed by atoms with Crippen molar-refractivity contribution in [1.29, 1.82) is 0 Å². The Hall–Kier alpha value is -1.83. The van der Waals surface area contributed by atoms with Crippen LogP contribution in [0.4, 0.5) is 0 Å². The summed E-state index contributed by atoms with van der Waals surface area (Å²) in [6.45, 7) is -0.609. The van der Waals surface area contributed by atoms with Gasteiger partial charge >= 0.3 is 23.5 Å². The van der Waals surface area contributed by atoms with Gasteiger partial charge in [0.25, 0.3) is 0 Å². The molecule has 3 rings (SSSR count). The van der Waals surface area contributed by atoms with Crippen molar-refractivity contribution in [2.24, 2.45) is 0 Å². The lowest BCUT2D eigenvalue weighted by Crippen LogP contribution is -2.26. The van der Waals surface area contributed by atoms with Crippen molar-refractivity contribution in [3.63, 3.8) is 0 Å². The molecular formula is C24H29N2O13P3S2. The first kappa shape index (κ1) is 36.6. The molecule has 1 aromatic rings. The van der Waals surface area contributed by atoms with Crippen LogP contribution in [0.3, 0.4) is 0 Å². The number of carbonyl (C=O) groups excluding carboxylic acids is 1. The predicted octanol–water partition coefficient (Wildman–Crippen LogP) is 3.17. The molecule has 240 valence electrons. The fourth-order valence-electron chi connectivity index (χ4n) is 3.50. The molecular weight excluding hydrogens is 681 g/mol. The van der Waals surface area contributed by atoms with E-state index in [-0.39, 0.29) is 18.9 Å².